The van der Waals surface area contributed by atoms with Gasteiger partial charge in [0.1, 0.15) is 5.84 Å². The molecule has 1 aliphatic heterocycles. The number of likely N-dealkylation sites (tertiary alicyclic amines) is 1. The van der Waals surface area contributed by atoms with E-state index in [0.717, 1.165) is 32.1 Å². The van der Waals surface area contributed by atoms with E-state index in [9.17, 15) is 4.79 Å². The summed E-state index contributed by atoms with van der Waals surface area (Å²) in [6.45, 7) is 2.13. The molecule has 1 fully saturated rings. The van der Waals surface area contributed by atoms with Crippen molar-refractivity contribution in [1.29, 1.82) is 0 Å². The second-order valence-electron chi connectivity index (χ2n) is 4.70. The number of benzene rings is 1. The molecule has 0 spiro atoms. The number of rotatable bonds is 1. The minimum absolute atomic E-state index is 0.357. The van der Waals surface area contributed by atoms with Crippen molar-refractivity contribution in [2.75, 3.05) is 12.4 Å². The number of halogens is 3. The van der Waals surface area contributed by atoms with Gasteiger partial charge in [0.2, 0.25) is 0 Å². The fourth-order valence-corrected chi connectivity index (χ4v) is 4.47. The monoisotopic (exact) mass is 465 g/mol. The highest BCUT2D eigenvalue weighted by Gasteiger charge is 2.23. The first-order valence-electron chi connectivity index (χ1n) is 6.14. The Morgan fingerprint density at radius 3 is 2.45 bits per heavy atom. The third-order valence-corrected chi connectivity index (χ3v) is 5.03. The number of hydrogen-bond donors (Lipinski definition) is 1. The number of amidine groups is 1. The number of anilines is 1. The summed E-state index contributed by atoms with van der Waals surface area (Å²) in [6.07, 6.45) is 1.88. The molecule has 0 radical (unpaired) electrons. The molecule has 1 aromatic rings. The largest absolute Gasteiger partial charge is 0.360 e. The third kappa shape index (κ3) is 3.62. The van der Waals surface area contributed by atoms with E-state index < -0.39 is 0 Å². The number of nitrogens with zero attached hydrogens (tertiary/aromatic N) is 2. The summed E-state index contributed by atoms with van der Waals surface area (Å²) in [5, 5.41) is 2.80. The van der Waals surface area contributed by atoms with Gasteiger partial charge in [-0.3, -0.25) is 0 Å². The van der Waals surface area contributed by atoms with Crippen LogP contribution < -0.4 is 5.32 Å². The van der Waals surface area contributed by atoms with E-state index in [2.05, 4.69) is 65.0 Å². The number of nitrogens with one attached hydrogen (secondary N) is 1. The van der Waals surface area contributed by atoms with E-state index in [0.29, 0.717) is 11.7 Å². The Morgan fingerprint density at radius 2 is 1.95 bits per heavy atom. The van der Waals surface area contributed by atoms with Crippen molar-refractivity contribution in [2.24, 2.45) is 4.99 Å². The maximum atomic E-state index is 12.0. The van der Waals surface area contributed by atoms with Gasteiger partial charge in [0.15, 0.2) is 0 Å². The van der Waals surface area contributed by atoms with Crippen LogP contribution in [0.25, 0.3) is 0 Å². The minimum Gasteiger partial charge on any atom is -0.360 e. The standard InChI is InChI=1S/C13H14Br3N3O/c1-7-3-4-11(19(7)2)17-13(20)18-12-9(15)5-8(14)6-10(12)16/h5-7H,3-4H2,1-2H3,(H,18,20)/b17-11-. The molecule has 1 saturated heterocycles. The zero-order chi connectivity index (χ0) is 14.9. The van der Waals surface area contributed by atoms with Crippen LogP contribution in [0, 0.1) is 0 Å². The lowest BCUT2D eigenvalue weighted by molar-refractivity contribution is 0.259. The van der Waals surface area contributed by atoms with Crippen LogP contribution in [0.1, 0.15) is 19.8 Å². The molecule has 108 valence electrons. The molecule has 0 bridgehead atoms. The van der Waals surface area contributed by atoms with Gasteiger partial charge in [-0.25, -0.2) is 4.79 Å². The molecular formula is C13H14Br3N3O. The van der Waals surface area contributed by atoms with E-state index in [1.165, 1.54) is 0 Å². The number of aliphatic imine (C=N–C) groups is 1. The molecule has 1 unspecified atom stereocenters. The summed E-state index contributed by atoms with van der Waals surface area (Å²) in [5.74, 6) is 0.833. The predicted molar refractivity (Wildman–Crippen MR) is 92.5 cm³/mol. The number of carbonyl (C=O) groups is 1. The fraction of sp³-hybridized carbons (Fsp3) is 0.385. The smallest absolute Gasteiger partial charge is 0.347 e. The molecule has 1 N–H and O–H groups in total. The number of carbonyl (C=O) groups excluding carboxylic acids is 1. The summed E-state index contributed by atoms with van der Waals surface area (Å²) in [7, 11) is 1.97. The van der Waals surface area contributed by atoms with Gasteiger partial charge in [0.05, 0.1) is 5.69 Å². The van der Waals surface area contributed by atoms with Crippen molar-refractivity contribution in [3.05, 3.63) is 25.6 Å². The Bertz CT molecular complexity index is 551. The average molecular weight is 468 g/mol. The highest BCUT2D eigenvalue weighted by molar-refractivity contribution is 9.11. The van der Waals surface area contributed by atoms with Crippen molar-refractivity contribution in [1.82, 2.24) is 4.90 Å². The van der Waals surface area contributed by atoms with Gasteiger partial charge < -0.3 is 10.2 Å². The average Bonchev–Trinajstić information content (AvgIpc) is 2.66. The number of hydrogen-bond acceptors (Lipinski definition) is 1. The van der Waals surface area contributed by atoms with Gasteiger partial charge in [0, 0.05) is 32.9 Å². The molecule has 7 heteroatoms. The Kier molecular flexibility index (Phi) is 5.25. The van der Waals surface area contributed by atoms with Crippen LogP contribution in [-0.2, 0) is 0 Å². The summed E-state index contributed by atoms with van der Waals surface area (Å²) in [6, 6.07) is 3.83. The van der Waals surface area contributed by atoms with Gasteiger partial charge in [-0.1, -0.05) is 15.9 Å². The van der Waals surface area contributed by atoms with Crippen LogP contribution in [0.3, 0.4) is 0 Å². The van der Waals surface area contributed by atoms with E-state index in [-0.39, 0.29) is 6.03 Å². The fourth-order valence-electron chi connectivity index (χ4n) is 2.01. The SMILES string of the molecule is CC1CC/C(=N/C(=O)Nc2c(Br)cc(Br)cc2Br)N1C. The zero-order valence-electron chi connectivity index (χ0n) is 11.1. The summed E-state index contributed by atoms with van der Waals surface area (Å²) in [4.78, 5) is 18.2. The van der Waals surface area contributed by atoms with Gasteiger partial charge in [-0.15, -0.1) is 0 Å². The molecule has 1 heterocycles. The second kappa shape index (κ2) is 6.58. The minimum atomic E-state index is -0.357. The van der Waals surface area contributed by atoms with Gasteiger partial charge >= 0.3 is 6.03 Å². The topological polar surface area (TPSA) is 44.7 Å². The lowest BCUT2D eigenvalue weighted by Crippen LogP contribution is -2.27. The van der Waals surface area contributed by atoms with E-state index in [1.807, 2.05) is 24.1 Å². The first-order chi connectivity index (χ1) is 9.38. The predicted octanol–water partition coefficient (Wildman–Crippen LogP) is 5.02. The molecule has 0 aromatic heterocycles. The van der Waals surface area contributed by atoms with Gasteiger partial charge in [0.25, 0.3) is 0 Å². The molecule has 0 saturated carbocycles. The Labute approximate surface area is 143 Å². The van der Waals surface area contributed by atoms with Crippen molar-refractivity contribution < 1.29 is 4.79 Å². The van der Waals surface area contributed by atoms with Crippen molar-refractivity contribution >= 4 is 65.3 Å². The molecule has 1 atom stereocenters. The van der Waals surface area contributed by atoms with Gasteiger partial charge in [-0.2, -0.15) is 4.99 Å². The summed E-state index contributed by atoms with van der Waals surface area (Å²) < 4.78 is 2.51. The van der Waals surface area contributed by atoms with Crippen LogP contribution in [0.2, 0.25) is 0 Å². The highest BCUT2D eigenvalue weighted by Crippen LogP contribution is 2.34. The molecular weight excluding hydrogens is 454 g/mol. The van der Waals surface area contributed by atoms with E-state index in [1.54, 1.807) is 0 Å². The van der Waals surface area contributed by atoms with Gasteiger partial charge in [-0.05, 0) is 57.3 Å². The van der Waals surface area contributed by atoms with Crippen molar-refractivity contribution in [3.8, 4) is 0 Å². The quantitative estimate of drug-likeness (QED) is 0.630. The summed E-state index contributed by atoms with van der Waals surface area (Å²) >= 11 is 10.2. The van der Waals surface area contributed by atoms with E-state index in [4.69, 9.17) is 0 Å². The maximum Gasteiger partial charge on any atom is 0.347 e. The van der Waals surface area contributed by atoms with Crippen LogP contribution in [0.15, 0.2) is 30.5 Å². The summed E-state index contributed by atoms with van der Waals surface area (Å²) in [5.41, 5.74) is 0.677. The van der Waals surface area contributed by atoms with Crippen LogP contribution in [0.4, 0.5) is 10.5 Å². The second-order valence-corrected chi connectivity index (χ2v) is 7.33. The lowest BCUT2D eigenvalue weighted by atomic mass is 10.2. The van der Waals surface area contributed by atoms with E-state index >= 15 is 0 Å². The normalized spacial score (nSPS) is 20.6. The molecule has 0 aliphatic carbocycles. The van der Waals surface area contributed by atoms with Crippen molar-refractivity contribution in [3.63, 3.8) is 0 Å². The molecule has 20 heavy (non-hydrogen) atoms. The molecule has 2 rings (SSSR count). The third-order valence-electron chi connectivity index (χ3n) is 3.32. The van der Waals surface area contributed by atoms with Crippen LogP contribution in [0.5, 0.6) is 0 Å². The zero-order valence-corrected chi connectivity index (χ0v) is 15.8. The molecule has 2 amide bonds. The Morgan fingerprint density at radius 1 is 1.35 bits per heavy atom. The first-order valence-corrected chi connectivity index (χ1v) is 8.52. The Balaban J connectivity index is 2.15. The maximum absolute atomic E-state index is 12.0. The molecule has 1 aromatic carbocycles. The van der Waals surface area contributed by atoms with Crippen LogP contribution in [-0.4, -0.2) is 29.9 Å². The molecule has 1 aliphatic rings. The van der Waals surface area contributed by atoms with Crippen molar-refractivity contribution in [2.45, 2.75) is 25.8 Å². The Hall–Kier alpha value is -0.400. The lowest BCUT2D eigenvalue weighted by Gasteiger charge is -2.17. The first kappa shape index (κ1) is 16.0. The number of amides is 2. The highest BCUT2D eigenvalue weighted by atomic mass is 79.9. The number of urea groups is 1. The van der Waals surface area contributed by atoms with Crippen LogP contribution >= 0.6 is 47.8 Å². The molecule has 4 nitrogen and oxygen atoms in total.